The molecule has 0 aliphatic heterocycles. The molecule has 0 spiro atoms. The van der Waals surface area contributed by atoms with Gasteiger partial charge in [0.2, 0.25) is 11.7 Å². The SMILES string of the molecule is O=C(O)CCCCc1nc2cc(-c3noc(C4CCCc5ccccc54)n3)ccc2c(=O)n1-c1ccc(F)cc1. The molecule has 0 fully saturated rings. The number of aliphatic carboxylic acids is 1. The summed E-state index contributed by atoms with van der Waals surface area (Å²) < 4.78 is 20.8. The zero-order chi connectivity index (χ0) is 27.6. The van der Waals surface area contributed by atoms with Gasteiger partial charge in [0.05, 0.1) is 22.5 Å². The van der Waals surface area contributed by atoms with Gasteiger partial charge in [-0.15, -0.1) is 0 Å². The van der Waals surface area contributed by atoms with Gasteiger partial charge in [-0.1, -0.05) is 35.5 Å². The molecule has 1 atom stereocenters. The molecule has 5 aromatic rings. The Labute approximate surface area is 229 Å². The first-order chi connectivity index (χ1) is 19.5. The summed E-state index contributed by atoms with van der Waals surface area (Å²) in [4.78, 5) is 34.1. The molecule has 3 aromatic carbocycles. The van der Waals surface area contributed by atoms with E-state index in [1.807, 2.05) is 12.1 Å². The highest BCUT2D eigenvalue weighted by Crippen LogP contribution is 2.36. The number of unbranched alkanes of at least 4 members (excludes halogenated alkanes) is 1. The van der Waals surface area contributed by atoms with E-state index >= 15 is 0 Å². The molecule has 2 heterocycles. The zero-order valence-corrected chi connectivity index (χ0v) is 21.7. The fourth-order valence-electron chi connectivity index (χ4n) is 5.46. The molecule has 1 unspecified atom stereocenters. The first kappa shape index (κ1) is 25.6. The van der Waals surface area contributed by atoms with Crippen molar-refractivity contribution in [3.05, 3.63) is 106 Å². The van der Waals surface area contributed by atoms with Crippen molar-refractivity contribution in [3.63, 3.8) is 0 Å². The van der Waals surface area contributed by atoms with Crippen LogP contribution < -0.4 is 5.56 Å². The number of aryl methyl sites for hydroxylation is 2. The molecule has 8 nitrogen and oxygen atoms in total. The van der Waals surface area contributed by atoms with Crippen molar-refractivity contribution < 1.29 is 18.8 Å². The second-order valence-corrected chi connectivity index (χ2v) is 10.1. The highest BCUT2D eigenvalue weighted by molar-refractivity contribution is 5.82. The Morgan fingerprint density at radius 1 is 1.05 bits per heavy atom. The summed E-state index contributed by atoms with van der Waals surface area (Å²) in [6.07, 6.45) is 4.42. The minimum atomic E-state index is -0.872. The largest absolute Gasteiger partial charge is 0.481 e. The molecule has 0 amide bonds. The lowest BCUT2D eigenvalue weighted by Crippen LogP contribution is -2.24. The van der Waals surface area contributed by atoms with Crippen LogP contribution in [0.15, 0.2) is 76.0 Å². The smallest absolute Gasteiger partial charge is 0.303 e. The van der Waals surface area contributed by atoms with Gasteiger partial charge in [0.1, 0.15) is 11.6 Å². The second kappa shape index (κ2) is 10.8. The van der Waals surface area contributed by atoms with E-state index in [-0.39, 0.29) is 17.9 Å². The van der Waals surface area contributed by atoms with E-state index < -0.39 is 11.8 Å². The fraction of sp³-hybridized carbons (Fsp3) is 0.258. The van der Waals surface area contributed by atoms with Crippen molar-refractivity contribution in [2.75, 3.05) is 0 Å². The third-order valence-electron chi connectivity index (χ3n) is 7.43. The number of carboxylic acid groups (broad SMARTS) is 1. The number of carboxylic acids is 1. The third kappa shape index (κ3) is 5.02. The molecule has 202 valence electrons. The summed E-state index contributed by atoms with van der Waals surface area (Å²) in [6.45, 7) is 0. The minimum absolute atomic E-state index is 0.0319. The number of hydrogen-bond acceptors (Lipinski definition) is 6. The maximum absolute atomic E-state index is 13.6. The van der Waals surface area contributed by atoms with Crippen LogP contribution in [0.1, 0.15) is 60.9 Å². The zero-order valence-electron chi connectivity index (χ0n) is 21.7. The van der Waals surface area contributed by atoms with Crippen molar-refractivity contribution in [2.45, 2.75) is 50.9 Å². The predicted octanol–water partition coefficient (Wildman–Crippen LogP) is 5.84. The number of halogens is 1. The Bertz CT molecular complexity index is 1760. The maximum atomic E-state index is 13.6. The van der Waals surface area contributed by atoms with Gasteiger partial charge in [-0.3, -0.25) is 14.2 Å². The molecule has 9 heteroatoms. The second-order valence-electron chi connectivity index (χ2n) is 10.1. The Kier molecular flexibility index (Phi) is 6.94. The van der Waals surface area contributed by atoms with Crippen LogP contribution >= 0.6 is 0 Å². The topological polar surface area (TPSA) is 111 Å². The standard InChI is InChI=1S/C31H27FN4O4/c32-21-13-15-22(16-14-21)36-27(10-3-4-11-28(37)38)33-26-18-20(12-17-25(26)31(36)39)29-34-30(40-35-29)24-9-5-7-19-6-1-2-8-23(19)24/h1-2,6,8,12-18,24H,3-5,7,9-11H2,(H,37,38). The Hall–Kier alpha value is -4.66. The van der Waals surface area contributed by atoms with Crippen LogP contribution in [0.25, 0.3) is 28.0 Å². The van der Waals surface area contributed by atoms with E-state index in [9.17, 15) is 14.0 Å². The molecule has 0 saturated heterocycles. The van der Waals surface area contributed by atoms with Crippen molar-refractivity contribution in [1.82, 2.24) is 19.7 Å². The summed E-state index contributed by atoms with van der Waals surface area (Å²) in [5.74, 6) is 0.232. The van der Waals surface area contributed by atoms with E-state index in [0.717, 1.165) is 19.3 Å². The normalized spacial score (nSPS) is 14.8. The van der Waals surface area contributed by atoms with Crippen LogP contribution in [0.3, 0.4) is 0 Å². The quantitative estimate of drug-likeness (QED) is 0.247. The molecule has 2 aromatic heterocycles. The summed E-state index contributed by atoms with van der Waals surface area (Å²) >= 11 is 0. The highest BCUT2D eigenvalue weighted by atomic mass is 19.1. The maximum Gasteiger partial charge on any atom is 0.303 e. The molecular formula is C31H27FN4O4. The highest BCUT2D eigenvalue weighted by Gasteiger charge is 2.27. The Morgan fingerprint density at radius 2 is 1.88 bits per heavy atom. The Balaban J connectivity index is 1.37. The Morgan fingerprint density at radius 3 is 2.70 bits per heavy atom. The van der Waals surface area contributed by atoms with Gasteiger partial charge in [0.25, 0.3) is 5.56 Å². The van der Waals surface area contributed by atoms with Crippen molar-refractivity contribution in [3.8, 4) is 17.1 Å². The van der Waals surface area contributed by atoms with Gasteiger partial charge in [-0.2, -0.15) is 4.98 Å². The number of fused-ring (bicyclic) bond motifs is 2. The van der Waals surface area contributed by atoms with Crippen LogP contribution in [0.4, 0.5) is 4.39 Å². The molecule has 1 aliphatic carbocycles. The number of nitrogens with zero attached hydrogens (tertiary/aromatic N) is 4. The predicted molar refractivity (Wildman–Crippen MR) is 147 cm³/mol. The molecular weight excluding hydrogens is 511 g/mol. The molecule has 0 bridgehead atoms. The van der Waals surface area contributed by atoms with Crippen molar-refractivity contribution in [1.29, 1.82) is 0 Å². The van der Waals surface area contributed by atoms with Crippen LogP contribution in [0.2, 0.25) is 0 Å². The third-order valence-corrected chi connectivity index (χ3v) is 7.43. The summed E-state index contributed by atoms with van der Waals surface area (Å²) in [7, 11) is 0. The molecule has 6 rings (SSSR count). The van der Waals surface area contributed by atoms with Crippen LogP contribution in [-0.4, -0.2) is 30.8 Å². The van der Waals surface area contributed by atoms with Crippen LogP contribution in [0.5, 0.6) is 0 Å². The van der Waals surface area contributed by atoms with Crippen LogP contribution in [0, 0.1) is 5.82 Å². The molecule has 0 saturated carbocycles. The number of carbonyl (C=O) groups is 1. The molecule has 40 heavy (non-hydrogen) atoms. The number of hydrogen-bond donors (Lipinski definition) is 1. The van der Waals surface area contributed by atoms with E-state index in [2.05, 4.69) is 17.3 Å². The first-order valence-electron chi connectivity index (χ1n) is 13.4. The van der Waals surface area contributed by atoms with Gasteiger partial charge in [-0.25, -0.2) is 9.37 Å². The average Bonchev–Trinajstić information content (AvgIpc) is 3.46. The van der Waals surface area contributed by atoms with Gasteiger partial charge >= 0.3 is 5.97 Å². The average molecular weight is 539 g/mol. The van der Waals surface area contributed by atoms with Gasteiger partial charge in [0.15, 0.2) is 0 Å². The van der Waals surface area contributed by atoms with Gasteiger partial charge < -0.3 is 9.63 Å². The van der Waals surface area contributed by atoms with Gasteiger partial charge in [-0.05, 0) is 79.6 Å². The summed E-state index contributed by atoms with van der Waals surface area (Å²) in [6, 6.07) is 19.2. The number of aromatic nitrogens is 4. The molecule has 1 aliphatic rings. The first-order valence-corrected chi connectivity index (χ1v) is 13.4. The van der Waals surface area contributed by atoms with E-state index in [4.69, 9.17) is 19.6 Å². The lowest BCUT2D eigenvalue weighted by atomic mass is 9.83. The van der Waals surface area contributed by atoms with Crippen molar-refractivity contribution in [2.24, 2.45) is 0 Å². The lowest BCUT2D eigenvalue weighted by Gasteiger charge is -2.22. The van der Waals surface area contributed by atoms with Crippen LogP contribution in [-0.2, 0) is 17.6 Å². The summed E-state index contributed by atoms with van der Waals surface area (Å²) in [5, 5.41) is 13.6. The van der Waals surface area contributed by atoms with E-state index in [0.29, 0.717) is 59.0 Å². The lowest BCUT2D eigenvalue weighted by molar-refractivity contribution is -0.137. The van der Waals surface area contributed by atoms with Gasteiger partial charge in [0, 0.05) is 18.4 Å². The molecule has 1 N–H and O–H groups in total. The number of benzene rings is 3. The van der Waals surface area contributed by atoms with Crippen molar-refractivity contribution >= 4 is 16.9 Å². The van der Waals surface area contributed by atoms with E-state index in [1.165, 1.54) is 40.0 Å². The van der Waals surface area contributed by atoms with E-state index in [1.54, 1.807) is 18.2 Å². The number of rotatable bonds is 8. The minimum Gasteiger partial charge on any atom is -0.481 e. The monoisotopic (exact) mass is 538 g/mol. The fourth-order valence-corrected chi connectivity index (χ4v) is 5.46. The summed E-state index contributed by atoms with van der Waals surface area (Å²) in [5.41, 5.74) is 3.88. The molecule has 0 radical (unpaired) electrons.